The summed E-state index contributed by atoms with van der Waals surface area (Å²) in [4.78, 5) is 24.4. The molecule has 3 N–H and O–H groups in total. The summed E-state index contributed by atoms with van der Waals surface area (Å²) >= 11 is 5.04. The van der Waals surface area contributed by atoms with Crippen molar-refractivity contribution in [2.75, 3.05) is 13.7 Å². The molecule has 7 nitrogen and oxygen atoms in total. The Morgan fingerprint density at radius 3 is 2.37 bits per heavy atom. The normalized spacial score (nSPS) is 9.85. The number of ether oxygens (including phenoxy) is 2. The zero-order chi connectivity index (χ0) is 19.6. The van der Waals surface area contributed by atoms with Crippen LogP contribution in [0.4, 0.5) is 0 Å². The number of hydrazine groups is 1. The van der Waals surface area contributed by atoms with Gasteiger partial charge in [-0.2, -0.15) is 0 Å². The van der Waals surface area contributed by atoms with Crippen molar-refractivity contribution in [2.24, 2.45) is 0 Å². The smallest absolute Gasteiger partial charge is 0.273 e. The van der Waals surface area contributed by atoms with Crippen LogP contribution in [0.15, 0.2) is 48.5 Å². The summed E-state index contributed by atoms with van der Waals surface area (Å²) in [6, 6.07) is 13.4. The summed E-state index contributed by atoms with van der Waals surface area (Å²) in [7, 11) is 1.54. The highest BCUT2D eigenvalue weighted by molar-refractivity contribution is 7.80. The van der Waals surface area contributed by atoms with Crippen molar-refractivity contribution < 1.29 is 19.1 Å². The Hall–Kier alpha value is -3.13. The highest BCUT2D eigenvalue weighted by Crippen LogP contribution is 2.17. The predicted octanol–water partition coefficient (Wildman–Crippen LogP) is 2.43. The molecule has 0 aliphatic carbocycles. The second kappa shape index (κ2) is 10.1. The maximum atomic E-state index is 12.3. The minimum atomic E-state index is -0.428. The molecule has 0 unspecified atom stereocenters. The van der Waals surface area contributed by atoms with E-state index < -0.39 is 11.8 Å². The minimum Gasteiger partial charge on any atom is -0.497 e. The molecule has 0 spiro atoms. The second-order valence-corrected chi connectivity index (χ2v) is 5.84. The quantitative estimate of drug-likeness (QED) is 0.521. The van der Waals surface area contributed by atoms with Gasteiger partial charge in [-0.15, -0.1) is 0 Å². The maximum absolute atomic E-state index is 12.3. The highest BCUT2D eigenvalue weighted by atomic mass is 32.1. The third-order valence-corrected chi connectivity index (χ3v) is 3.67. The van der Waals surface area contributed by atoms with Gasteiger partial charge < -0.3 is 9.47 Å². The largest absolute Gasteiger partial charge is 0.497 e. The van der Waals surface area contributed by atoms with Crippen LogP contribution in [0.1, 0.15) is 34.1 Å². The van der Waals surface area contributed by atoms with Crippen molar-refractivity contribution in [3.63, 3.8) is 0 Å². The number of para-hydroxylation sites is 1. The molecule has 0 bridgehead atoms. The van der Waals surface area contributed by atoms with Crippen molar-refractivity contribution in [2.45, 2.75) is 13.3 Å². The van der Waals surface area contributed by atoms with E-state index in [1.54, 1.807) is 55.6 Å². The number of amides is 2. The molecule has 0 saturated carbocycles. The molecule has 0 aromatic heterocycles. The number of rotatable bonds is 6. The molecule has 0 saturated heterocycles. The predicted molar refractivity (Wildman–Crippen MR) is 106 cm³/mol. The first-order valence-electron chi connectivity index (χ1n) is 8.32. The minimum absolute atomic E-state index is 0.0314. The van der Waals surface area contributed by atoms with E-state index in [9.17, 15) is 9.59 Å². The Morgan fingerprint density at radius 1 is 1.00 bits per heavy atom. The van der Waals surface area contributed by atoms with Gasteiger partial charge in [0.05, 0.1) is 19.3 Å². The summed E-state index contributed by atoms with van der Waals surface area (Å²) < 4.78 is 10.6. The van der Waals surface area contributed by atoms with E-state index in [2.05, 4.69) is 16.2 Å². The van der Waals surface area contributed by atoms with E-state index >= 15 is 0 Å². The van der Waals surface area contributed by atoms with E-state index in [0.717, 1.165) is 6.42 Å². The average Bonchev–Trinajstić information content (AvgIpc) is 2.70. The summed E-state index contributed by atoms with van der Waals surface area (Å²) in [5.41, 5.74) is 5.72. The van der Waals surface area contributed by atoms with Gasteiger partial charge in [0.15, 0.2) is 5.11 Å². The third kappa shape index (κ3) is 5.96. The van der Waals surface area contributed by atoms with Crippen LogP contribution >= 0.6 is 12.2 Å². The van der Waals surface area contributed by atoms with Crippen molar-refractivity contribution >= 4 is 29.1 Å². The lowest BCUT2D eigenvalue weighted by Gasteiger charge is -2.13. The van der Waals surface area contributed by atoms with Crippen LogP contribution in [0, 0.1) is 0 Å². The standard InChI is InChI=1S/C19H21N3O4S/c1-3-12-26-16-7-5-4-6-15(16)18(24)21-22-19(27)20-17(23)13-8-10-14(25-2)11-9-13/h4-11H,3,12H2,1-2H3,(H,21,24)(H2,20,22,23,27). The lowest BCUT2D eigenvalue weighted by atomic mass is 10.2. The lowest BCUT2D eigenvalue weighted by Crippen LogP contribution is -2.48. The second-order valence-electron chi connectivity index (χ2n) is 5.44. The summed E-state index contributed by atoms with van der Waals surface area (Å²) in [6.45, 7) is 2.49. The van der Waals surface area contributed by atoms with Crippen LogP contribution in [0.3, 0.4) is 0 Å². The summed E-state index contributed by atoms with van der Waals surface area (Å²) in [6.07, 6.45) is 0.829. The van der Waals surface area contributed by atoms with Gasteiger partial charge in [-0.05, 0) is 55.0 Å². The van der Waals surface area contributed by atoms with Crippen molar-refractivity contribution in [3.8, 4) is 11.5 Å². The lowest BCUT2D eigenvalue weighted by molar-refractivity contribution is 0.0931. The molecule has 0 fully saturated rings. The summed E-state index contributed by atoms with van der Waals surface area (Å²) in [5.74, 6) is 0.286. The van der Waals surface area contributed by atoms with Crippen LogP contribution in [0.5, 0.6) is 11.5 Å². The zero-order valence-corrected chi connectivity index (χ0v) is 15.9. The van der Waals surface area contributed by atoms with E-state index in [4.69, 9.17) is 21.7 Å². The Bertz CT molecular complexity index is 809. The first-order chi connectivity index (χ1) is 13.0. The molecule has 8 heteroatoms. The van der Waals surface area contributed by atoms with Gasteiger partial charge in [0.2, 0.25) is 0 Å². The van der Waals surface area contributed by atoms with Crippen molar-refractivity contribution in [3.05, 3.63) is 59.7 Å². The average molecular weight is 387 g/mol. The van der Waals surface area contributed by atoms with E-state index in [1.807, 2.05) is 6.92 Å². The highest BCUT2D eigenvalue weighted by Gasteiger charge is 2.13. The molecular weight excluding hydrogens is 366 g/mol. The van der Waals surface area contributed by atoms with Gasteiger partial charge in [-0.25, -0.2) is 0 Å². The van der Waals surface area contributed by atoms with Crippen LogP contribution in [-0.4, -0.2) is 30.6 Å². The number of carbonyl (C=O) groups excluding carboxylic acids is 2. The van der Waals surface area contributed by atoms with E-state index in [-0.39, 0.29) is 5.11 Å². The Labute approximate surface area is 163 Å². The van der Waals surface area contributed by atoms with Crippen LogP contribution < -0.4 is 25.6 Å². The molecular formula is C19H21N3O4S. The fourth-order valence-electron chi connectivity index (χ4n) is 2.12. The van der Waals surface area contributed by atoms with Crippen LogP contribution in [0.25, 0.3) is 0 Å². The number of carbonyl (C=O) groups is 2. The van der Waals surface area contributed by atoms with Gasteiger partial charge in [-0.3, -0.25) is 25.8 Å². The van der Waals surface area contributed by atoms with E-state index in [0.29, 0.717) is 29.2 Å². The Kier molecular flexibility index (Phi) is 7.57. The molecule has 2 amide bonds. The molecule has 0 atom stereocenters. The number of methoxy groups -OCH3 is 1. The van der Waals surface area contributed by atoms with Gasteiger partial charge in [0.1, 0.15) is 11.5 Å². The molecule has 0 radical (unpaired) electrons. The monoisotopic (exact) mass is 387 g/mol. The van der Waals surface area contributed by atoms with Gasteiger partial charge >= 0.3 is 0 Å². The van der Waals surface area contributed by atoms with Crippen LogP contribution in [-0.2, 0) is 0 Å². The molecule has 2 aromatic carbocycles. The fraction of sp³-hybridized carbons (Fsp3) is 0.211. The number of nitrogens with one attached hydrogen (secondary N) is 3. The van der Waals surface area contributed by atoms with Crippen LogP contribution in [0.2, 0.25) is 0 Å². The fourth-order valence-corrected chi connectivity index (χ4v) is 2.27. The zero-order valence-electron chi connectivity index (χ0n) is 15.1. The molecule has 2 rings (SSSR count). The topological polar surface area (TPSA) is 88.7 Å². The summed E-state index contributed by atoms with van der Waals surface area (Å²) in [5, 5.41) is 2.45. The molecule has 0 aliphatic rings. The maximum Gasteiger partial charge on any atom is 0.273 e. The molecule has 2 aromatic rings. The number of thiocarbonyl (C=S) groups is 1. The molecule has 142 valence electrons. The van der Waals surface area contributed by atoms with Crippen molar-refractivity contribution in [1.29, 1.82) is 0 Å². The first-order valence-corrected chi connectivity index (χ1v) is 8.73. The van der Waals surface area contributed by atoms with Gasteiger partial charge in [0, 0.05) is 5.56 Å². The Balaban J connectivity index is 1.89. The third-order valence-electron chi connectivity index (χ3n) is 3.46. The first kappa shape index (κ1) is 20.2. The molecule has 0 heterocycles. The van der Waals surface area contributed by atoms with E-state index in [1.165, 1.54) is 0 Å². The molecule has 0 aliphatic heterocycles. The Morgan fingerprint density at radius 2 is 1.70 bits per heavy atom. The van der Waals surface area contributed by atoms with Crippen molar-refractivity contribution in [1.82, 2.24) is 16.2 Å². The number of hydrogen-bond acceptors (Lipinski definition) is 5. The SMILES string of the molecule is CCCOc1ccccc1C(=O)NNC(=S)NC(=O)c1ccc(OC)cc1. The van der Waals surface area contributed by atoms with Gasteiger partial charge in [-0.1, -0.05) is 19.1 Å². The number of hydrogen-bond donors (Lipinski definition) is 3. The number of benzene rings is 2. The van der Waals surface area contributed by atoms with Gasteiger partial charge in [0.25, 0.3) is 11.8 Å². The molecule has 27 heavy (non-hydrogen) atoms.